The Morgan fingerprint density at radius 2 is 2.09 bits per heavy atom. The second-order valence-electron chi connectivity index (χ2n) is 6.62. The van der Waals surface area contributed by atoms with Gasteiger partial charge in [-0.1, -0.05) is 24.3 Å². The molecule has 1 unspecified atom stereocenters. The molecule has 2 aliphatic heterocycles. The Morgan fingerprint density at radius 3 is 2.74 bits per heavy atom. The van der Waals surface area contributed by atoms with Crippen LogP contribution in [-0.2, 0) is 14.9 Å². The predicted octanol–water partition coefficient (Wildman–Crippen LogP) is 2.19. The lowest BCUT2D eigenvalue weighted by molar-refractivity contribution is -0.124. The number of rotatable bonds is 4. The summed E-state index contributed by atoms with van der Waals surface area (Å²) in [7, 11) is 0. The first-order valence-corrected chi connectivity index (χ1v) is 8.34. The van der Waals surface area contributed by atoms with E-state index in [9.17, 15) is 4.79 Å². The first-order valence-electron chi connectivity index (χ1n) is 8.34. The Bertz CT molecular complexity index is 524. The maximum Gasteiger partial charge on any atom is 0.224 e. The van der Waals surface area contributed by atoms with Crippen molar-refractivity contribution in [1.29, 1.82) is 0 Å². The Kier molecular flexibility index (Phi) is 6.45. The third kappa shape index (κ3) is 4.06. The van der Waals surface area contributed by atoms with Gasteiger partial charge >= 0.3 is 0 Å². The first kappa shape index (κ1) is 18.2. The molecule has 0 saturated carbocycles. The molecule has 2 fully saturated rings. The summed E-state index contributed by atoms with van der Waals surface area (Å²) < 4.78 is 5.57. The van der Waals surface area contributed by atoms with Crippen molar-refractivity contribution >= 4 is 18.3 Å². The predicted molar refractivity (Wildman–Crippen MR) is 94.1 cm³/mol. The van der Waals surface area contributed by atoms with Crippen LogP contribution in [-0.4, -0.2) is 38.8 Å². The van der Waals surface area contributed by atoms with Crippen LogP contribution in [0.25, 0.3) is 0 Å². The summed E-state index contributed by atoms with van der Waals surface area (Å²) in [5.74, 6) is 0.332. The van der Waals surface area contributed by atoms with Crippen LogP contribution in [0.1, 0.15) is 30.4 Å². The number of hydrogen-bond acceptors (Lipinski definition) is 3. The van der Waals surface area contributed by atoms with Crippen LogP contribution < -0.4 is 10.6 Å². The number of aryl methyl sites for hydroxylation is 1. The molecule has 0 bridgehead atoms. The second kappa shape index (κ2) is 8.13. The van der Waals surface area contributed by atoms with Gasteiger partial charge in [-0.25, -0.2) is 0 Å². The van der Waals surface area contributed by atoms with Crippen molar-refractivity contribution < 1.29 is 9.53 Å². The van der Waals surface area contributed by atoms with Crippen molar-refractivity contribution in [2.24, 2.45) is 5.92 Å². The van der Waals surface area contributed by atoms with Crippen molar-refractivity contribution in [3.05, 3.63) is 35.4 Å². The molecule has 0 aliphatic carbocycles. The zero-order valence-electron chi connectivity index (χ0n) is 13.8. The van der Waals surface area contributed by atoms with E-state index in [0.29, 0.717) is 0 Å². The van der Waals surface area contributed by atoms with Crippen LogP contribution in [0.15, 0.2) is 24.3 Å². The van der Waals surface area contributed by atoms with E-state index in [4.69, 9.17) is 4.74 Å². The maximum atomic E-state index is 12.4. The maximum absolute atomic E-state index is 12.4. The zero-order chi connectivity index (χ0) is 15.4. The molecule has 0 spiro atoms. The van der Waals surface area contributed by atoms with Crippen molar-refractivity contribution in [2.45, 2.75) is 31.6 Å². The number of benzene rings is 1. The Labute approximate surface area is 144 Å². The molecule has 4 nitrogen and oxygen atoms in total. The summed E-state index contributed by atoms with van der Waals surface area (Å²) in [6, 6.07) is 8.55. The number of carbonyl (C=O) groups is 1. The summed E-state index contributed by atoms with van der Waals surface area (Å²) in [5.41, 5.74) is 2.69. The van der Waals surface area contributed by atoms with Crippen LogP contribution >= 0.6 is 12.4 Å². The topological polar surface area (TPSA) is 50.4 Å². The molecule has 0 aromatic heterocycles. The Morgan fingerprint density at radius 1 is 1.35 bits per heavy atom. The molecule has 1 amide bonds. The minimum atomic E-state index is 0. The summed E-state index contributed by atoms with van der Waals surface area (Å²) in [6.45, 7) is 6.19. The van der Waals surface area contributed by atoms with Gasteiger partial charge in [-0.05, 0) is 43.9 Å². The highest BCUT2D eigenvalue weighted by atomic mass is 35.5. The average molecular weight is 339 g/mol. The molecule has 1 aromatic rings. The van der Waals surface area contributed by atoms with Crippen LogP contribution in [0.5, 0.6) is 0 Å². The minimum absolute atomic E-state index is 0. The molecule has 5 heteroatoms. The van der Waals surface area contributed by atoms with E-state index in [2.05, 4.69) is 41.8 Å². The lowest BCUT2D eigenvalue weighted by atomic mass is 9.72. The lowest BCUT2D eigenvalue weighted by Gasteiger charge is -2.39. The molecule has 1 aromatic carbocycles. The summed E-state index contributed by atoms with van der Waals surface area (Å²) >= 11 is 0. The lowest BCUT2D eigenvalue weighted by Crippen LogP contribution is -2.46. The Balaban J connectivity index is 0.00000192. The van der Waals surface area contributed by atoms with Crippen molar-refractivity contribution in [3.8, 4) is 0 Å². The fourth-order valence-electron chi connectivity index (χ4n) is 3.75. The van der Waals surface area contributed by atoms with Gasteiger partial charge in [0.2, 0.25) is 5.91 Å². The molecule has 23 heavy (non-hydrogen) atoms. The SMILES string of the molecule is Cc1ccccc1C1(CNC(=O)C2CCNC2)CCOCC1.Cl. The molecule has 2 aliphatic rings. The number of nitrogens with one attached hydrogen (secondary N) is 2. The van der Waals surface area contributed by atoms with E-state index in [1.165, 1.54) is 11.1 Å². The van der Waals surface area contributed by atoms with E-state index in [-0.39, 0.29) is 29.6 Å². The van der Waals surface area contributed by atoms with Gasteiger partial charge in [0.1, 0.15) is 0 Å². The molecule has 2 heterocycles. The van der Waals surface area contributed by atoms with E-state index < -0.39 is 0 Å². The third-order valence-corrected chi connectivity index (χ3v) is 5.20. The molecule has 3 rings (SSSR count). The normalized spacial score (nSPS) is 23.1. The number of halogens is 1. The van der Waals surface area contributed by atoms with Gasteiger partial charge in [0.25, 0.3) is 0 Å². The first-order chi connectivity index (χ1) is 10.7. The monoisotopic (exact) mass is 338 g/mol. The van der Waals surface area contributed by atoms with Gasteiger partial charge in [-0.3, -0.25) is 4.79 Å². The molecule has 1 atom stereocenters. The smallest absolute Gasteiger partial charge is 0.224 e. The van der Waals surface area contributed by atoms with E-state index in [1.807, 2.05) is 0 Å². The number of hydrogen-bond donors (Lipinski definition) is 2. The van der Waals surface area contributed by atoms with Crippen LogP contribution in [0, 0.1) is 12.8 Å². The van der Waals surface area contributed by atoms with Gasteiger partial charge in [0.15, 0.2) is 0 Å². The number of carbonyl (C=O) groups excluding carboxylic acids is 1. The second-order valence-corrected chi connectivity index (χ2v) is 6.62. The van der Waals surface area contributed by atoms with E-state index in [0.717, 1.165) is 52.1 Å². The van der Waals surface area contributed by atoms with Gasteiger partial charge in [-0.15, -0.1) is 12.4 Å². The third-order valence-electron chi connectivity index (χ3n) is 5.20. The number of ether oxygens (including phenoxy) is 1. The van der Waals surface area contributed by atoms with Crippen molar-refractivity contribution in [2.75, 3.05) is 32.8 Å². The molecular weight excluding hydrogens is 312 g/mol. The average Bonchev–Trinajstić information content (AvgIpc) is 3.08. The van der Waals surface area contributed by atoms with E-state index >= 15 is 0 Å². The van der Waals surface area contributed by atoms with Crippen LogP contribution in [0.2, 0.25) is 0 Å². The van der Waals surface area contributed by atoms with E-state index in [1.54, 1.807) is 0 Å². The standard InChI is InChI=1S/C18H26N2O2.ClH/c1-14-4-2-3-5-16(14)18(7-10-22-11-8-18)13-20-17(21)15-6-9-19-12-15;/h2-5,15,19H,6-13H2,1H3,(H,20,21);1H. The van der Waals surface area contributed by atoms with Gasteiger partial charge in [0, 0.05) is 31.7 Å². The van der Waals surface area contributed by atoms with Crippen molar-refractivity contribution in [3.63, 3.8) is 0 Å². The highest BCUT2D eigenvalue weighted by Gasteiger charge is 2.36. The highest BCUT2D eigenvalue weighted by Crippen LogP contribution is 2.36. The van der Waals surface area contributed by atoms with Gasteiger partial charge in [0.05, 0.1) is 5.92 Å². The largest absolute Gasteiger partial charge is 0.381 e. The Hall–Kier alpha value is -1.10. The minimum Gasteiger partial charge on any atom is -0.381 e. The van der Waals surface area contributed by atoms with Crippen LogP contribution in [0.3, 0.4) is 0 Å². The zero-order valence-corrected chi connectivity index (χ0v) is 14.6. The molecule has 2 N–H and O–H groups in total. The summed E-state index contributed by atoms with van der Waals surface area (Å²) in [5, 5.41) is 6.49. The summed E-state index contributed by atoms with van der Waals surface area (Å²) in [6.07, 6.45) is 2.90. The summed E-state index contributed by atoms with van der Waals surface area (Å²) in [4.78, 5) is 12.4. The number of amides is 1. The molecule has 128 valence electrons. The molecule has 2 saturated heterocycles. The highest BCUT2D eigenvalue weighted by molar-refractivity contribution is 5.85. The molecule has 0 radical (unpaired) electrons. The van der Waals surface area contributed by atoms with Gasteiger partial charge < -0.3 is 15.4 Å². The fourth-order valence-corrected chi connectivity index (χ4v) is 3.75. The quantitative estimate of drug-likeness (QED) is 0.884. The van der Waals surface area contributed by atoms with Crippen LogP contribution in [0.4, 0.5) is 0 Å². The van der Waals surface area contributed by atoms with Gasteiger partial charge in [-0.2, -0.15) is 0 Å². The van der Waals surface area contributed by atoms with Crippen molar-refractivity contribution in [1.82, 2.24) is 10.6 Å². The fraction of sp³-hybridized carbons (Fsp3) is 0.611. The molecular formula is C18H27ClN2O2.